The predicted octanol–water partition coefficient (Wildman–Crippen LogP) is 1.28. The number of rotatable bonds is 4. The standard InChI is InChI=1S/C13H13N3O3/c17-6-5-16-13-12(14-3-4-15-13)9-1-2-10-11(7-9)19-8-18-10/h1-4,7,17H,5-6,8H2,(H,15,16). The minimum absolute atomic E-state index is 0.0388. The van der Waals surface area contributed by atoms with Crippen molar-refractivity contribution in [2.24, 2.45) is 0 Å². The second-order valence-electron chi connectivity index (χ2n) is 3.97. The Labute approximate surface area is 110 Å². The van der Waals surface area contributed by atoms with E-state index >= 15 is 0 Å². The molecule has 98 valence electrons. The third-order valence-electron chi connectivity index (χ3n) is 2.75. The molecule has 0 saturated carbocycles. The fourth-order valence-corrected chi connectivity index (χ4v) is 1.90. The van der Waals surface area contributed by atoms with Crippen molar-refractivity contribution in [1.29, 1.82) is 0 Å². The van der Waals surface area contributed by atoms with Gasteiger partial charge in [0.2, 0.25) is 6.79 Å². The van der Waals surface area contributed by atoms with E-state index < -0.39 is 0 Å². The highest BCUT2D eigenvalue weighted by molar-refractivity contribution is 5.73. The number of aromatic nitrogens is 2. The summed E-state index contributed by atoms with van der Waals surface area (Å²) in [5.74, 6) is 2.07. The zero-order valence-corrected chi connectivity index (χ0v) is 10.2. The number of ether oxygens (including phenoxy) is 2. The van der Waals surface area contributed by atoms with E-state index in [9.17, 15) is 0 Å². The van der Waals surface area contributed by atoms with Crippen molar-refractivity contribution in [1.82, 2.24) is 9.97 Å². The van der Waals surface area contributed by atoms with Crippen LogP contribution < -0.4 is 14.8 Å². The van der Waals surface area contributed by atoms with E-state index in [1.165, 1.54) is 0 Å². The van der Waals surface area contributed by atoms with Crippen LogP contribution in [0.5, 0.6) is 11.5 Å². The molecule has 0 amide bonds. The summed E-state index contributed by atoms with van der Waals surface area (Å²) >= 11 is 0. The van der Waals surface area contributed by atoms with Crippen molar-refractivity contribution < 1.29 is 14.6 Å². The third kappa shape index (κ3) is 2.30. The van der Waals surface area contributed by atoms with Crippen molar-refractivity contribution in [2.75, 3.05) is 25.3 Å². The van der Waals surface area contributed by atoms with Gasteiger partial charge in [-0.3, -0.25) is 4.98 Å². The van der Waals surface area contributed by atoms with Gasteiger partial charge in [0.25, 0.3) is 0 Å². The van der Waals surface area contributed by atoms with Crippen LogP contribution in [0.25, 0.3) is 11.3 Å². The molecule has 2 aromatic rings. The Morgan fingerprint density at radius 2 is 2.00 bits per heavy atom. The summed E-state index contributed by atoms with van der Waals surface area (Å²) in [4.78, 5) is 8.55. The molecule has 0 radical (unpaired) electrons. The van der Waals surface area contributed by atoms with Gasteiger partial charge in [0, 0.05) is 24.5 Å². The summed E-state index contributed by atoms with van der Waals surface area (Å²) in [5.41, 5.74) is 1.60. The summed E-state index contributed by atoms with van der Waals surface area (Å²) in [7, 11) is 0. The molecule has 0 aliphatic carbocycles. The number of aliphatic hydroxyl groups excluding tert-OH is 1. The van der Waals surface area contributed by atoms with Gasteiger partial charge in [0.1, 0.15) is 5.69 Å². The van der Waals surface area contributed by atoms with Gasteiger partial charge in [-0.2, -0.15) is 0 Å². The van der Waals surface area contributed by atoms with Gasteiger partial charge in [-0.25, -0.2) is 4.98 Å². The number of hydrogen-bond donors (Lipinski definition) is 2. The molecule has 6 heteroatoms. The second-order valence-corrected chi connectivity index (χ2v) is 3.97. The van der Waals surface area contributed by atoms with E-state index in [-0.39, 0.29) is 13.4 Å². The van der Waals surface area contributed by atoms with Crippen LogP contribution in [0.1, 0.15) is 0 Å². The van der Waals surface area contributed by atoms with Crippen LogP contribution in [0.2, 0.25) is 0 Å². The lowest BCUT2D eigenvalue weighted by Crippen LogP contribution is -2.08. The molecule has 3 rings (SSSR count). The molecular formula is C13H13N3O3. The monoisotopic (exact) mass is 259 g/mol. The SMILES string of the molecule is OCCNc1nccnc1-c1ccc2c(c1)OCO2. The van der Waals surface area contributed by atoms with Crippen LogP contribution in [0.3, 0.4) is 0 Å². The summed E-state index contributed by atoms with van der Waals surface area (Å²) < 4.78 is 10.6. The normalized spacial score (nSPS) is 12.5. The molecule has 2 N–H and O–H groups in total. The summed E-state index contributed by atoms with van der Waals surface area (Å²) in [6, 6.07) is 5.63. The second kappa shape index (κ2) is 5.11. The highest BCUT2D eigenvalue weighted by atomic mass is 16.7. The predicted molar refractivity (Wildman–Crippen MR) is 69.2 cm³/mol. The number of anilines is 1. The maximum absolute atomic E-state index is 8.87. The Hall–Kier alpha value is -2.34. The number of aliphatic hydroxyl groups is 1. The maximum Gasteiger partial charge on any atom is 0.231 e. The van der Waals surface area contributed by atoms with Crippen LogP contribution in [-0.4, -0.2) is 35.0 Å². The molecule has 0 spiro atoms. The van der Waals surface area contributed by atoms with Crippen LogP contribution in [0, 0.1) is 0 Å². The number of nitrogens with one attached hydrogen (secondary N) is 1. The van der Waals surface area contributed by atoms with Gasteiger partial charge in [0.15, 0.2) is 17.3 Å². The van der Waals surface area contributed by atoms with Crippen LogP contribution >= 0.6 is 0 Å². The van der Waals surface area contributed by atoms with E-state index in [0.29, 0.717) is 23.8 Å². The fraction of sp³-hybridized carbons (Fsp3) is 0.231. The summed E-state index contributed by atoms with van der Waals surface area (Å²) in [6.07, 6.45) is 3.24. The minimum Gasteiger partial charge on any atom is -0.454 e. The highest BCUT2D eigenvalue weighted by Gasteiger charge is 2.16. The van der Waals surface area contributed by atoms with Crippen molar-refractivity contribution in [3.05, 3.63) is 30.6 Å². The molecule has 19 heavy (non-hydrogen) atoms. The van der Waals surface area contributed by atoms with Gasteiger partial charge < -0.3 is 19.9 Å². The van der Waals surface area contributed by atoms with Gasteiger partial charge in [-0.15, -0.1) is 0 Å². The van der Waals surface area contributed by atoms with Gasteiger partial charge in [-0.1, -0.05) is 0 Å². The molecule has 0 fully saturated rings. The minimum atomic E-state index is 0.0388. The van der Waals surface area contributed by atoms with E-state index in [2.05, 4.69) is 15.3 Å². The van der Waals surface area contributed by atoms with E-state index in [1.807, 2.05) is 18.2 Å². The molecular weight excluding hydrogens is 246 g/mol. The first-order valence-electron chi connectivity index (χ1n) is 5.94. The molecule has 0 unspecified atom stereocenters. The Morgan fingerprint density at radius 1 is 1.16 bits per heavy atom. The molecule has 6 nitrogen and oxygen atoms in total. The quantitative estimate of drug-likeness (QED) is 0.861. The largest absolute Gasteiger partial charge is 0.454 e. The molecule has 0 saturated heterocycles. The fourth-order valence-electron chi connectivity index (χ4n) is 1.90. The van der Waals surface area contributed by atoms with Gasteiger partial charge in [-0.05, 0) is 18.2 Å². The lowest BCUT2D eigenvalue weighted by molar-refractivity contribution is 0.174. The smallest absolute Gasteiger partial charge is 0.231 e. The third-order valence-corrected chi connectivity index (χ3v) is 2.75. The average molecular weight is 259 g/mol. The van der Waals surface area contributed by atoms with Crippen molar-refractivity contribution in [2.45, 2.75) is 0 Å². The Balaban J connectivity index is 1.97. The number of hydrogen-bond acceptors (Lipinski definition) is 6. The first-order chi connectivity index (χ1) is 9.38. The lowest BCUT2D eigenvalue weighted by atomic mass is 10.1. The molecule has 1 aliphatic rings. The first-order valence-corrected chi connectivity index (χ1v) is 5.94. The van der Waals surface area contributed by atoms with Crippen LogP contribution in [0.15, 0.2) is 30.6 Å². The summed E-state index contributed by atoms with van der Waals surface area (Å²) in [6.45, 7) is 0.711. The Bertz CT molecular complexity index is 589. The van der Waals surface area contributed by atoms with Gasteiger partial charge in [0.05, 0.1) is 6.61 Å². The van der Waals surface area contributed by atoms with Crippen molar-refractivity contribution >= 4 is 5.82 Å². The molecule has 1 aliphatic heterocycles. The molecule has 0 bridgehead atoms. The molecule has 2 heterocycles. The Morgan fingerprint density at radius 3 is 2.89 bits per heavy atom. The Kier molecular flexibility index (Phi) is 3.16. The maximum atomic E-state index is 8.87. The zero-order valence-electron chi connectivity index (χ0n) is 10.2. The molecule has 1 aromatic heterocycles. The average Bonchev–Trinajstić information content (AvgIpc) is 2.92. The topological polar surface area (TPSA) is 76.5 Å². The molecule has 0 atom stereocenters. The number of nitrogens with zero attached hydrogens (tertiary/aromatic N) is 2. The van der Waals surface area contributed by atoms with Gasteiger partial charge >= 0.3 is 0 Å². The number of benzene rings is 1. The van der Waals surface area contributed by atoms with Crippen molar-refractivity contribution in [3.8, 4) is 22.8 Å². The van der Waals surface area contributed by atoms with E-state index in [1.54, 1.807) is 12.4 Å². The highest BCUT2D eigenvalue weighted by Crippen LogP contribution is 2.36. The van der Waals surface area contributed by atoms with E-state index in [0.717, 1.165) is 11.3 Å². The van der Waals surface area contributed by atoms with Crippen molar-refractivity contribution in [3.63, 3.8) is 0 Å². The number of fused-ring (bicyclic) bond motifs is 1. The van der Waals surface area contributed by atoms with Crippen LogP contribution in [0.4, 0.5) is 5.82 Å². The summed E-state index contributed by atoms with van der Waals surface area (Å²) in [5, 5.41) is 11.9. The lowest BCUT2D eigenvalue weighted by Gasteiger charge is -2.09. The van der Waals surface area contributed by atoms with E-state index in [4.69, 9.17) is 14.6 Å². The molecule has 1 aromatic carbocycles. The zero-order chi connectivity index (χ0) is 13.1. The first kappa shape index (κ1) is 11.7. The van der Waals surface area contributed by atoms with Crippen LogP contribution in [-0.2, 0) is 0 Å².